The van der Waals surface area contributed by atoms with Crippen molar-refractivity contribution in [2.24, 2.45) is 0 Å². The molecule has 0 bridgehead atoms. The van der Waals surface area contributed by atoms with Crippen molar-refractivity contribution >= 4 is 85.6 Å². The summed E-state index contributed by atoms with van der Waals surface area (Å²) in [5.74, 6) is 0. The Labute approximate surface area is 348 Å². The van der Waals surface area contributed by atoms with Crippen molar-refractivity contribution in [2.75, 3.05) is 0 Å². The third-order valence-corrected chi connectivity index (χ3v) is 30.2. The second-order valence-corrected chi connectivity index (χ2v) is 32.3. The van der Waals surface area contributed by atoms with E-state index in [1.54, 1.807) is 0 Å². The Morgan fingerprint density at radius 3 is 0.696 bits per heavy atom. The topological polar surface area (TPSA) is 0 Å². The minimum atomic E-state index is -3.22. The average Bonchev–Trinajstić information content (AvgIpc) is 3.28. The normalized spacial score (nSPS) is 13.3. The molecular formula is C52H44Br2P2. The van der Waals surface area contributed by atoms with Crippen molar-refractivity contribution in [3.8, 4) is 0 Å². The molecule has 56 heavy (non-hydrogen) atoms. The maximum absolute atomic E-state index is 4.71. The molecule has 0 saturated carbocycles. The molecule has 0 saturated heterocycles. The molecule has 0 spiro atoms. The van der Waals surface area contributed by atoms with Crippen LogP contribution in [0.2, 0.25) is 0 Å². The van der Waals surface area contributed by atoms with Gasteiger partial charge in [0.05, 0.1) is 0 Å². The summed E-state index contributed by atoms with van der Waals surface area (Å²) in [4.78, 5) is 0. The van der Waals surface area contributed by atoms with Crippen LogP contribution in [0, 0.1) is 0 Å². The second kappa shape index (κ2) is 16.1. The molecule has 8 rings (SSSR count). The van der Waals surface area contributed by atoms with Gasteiger partial charge >= 0.3 is 351 Å². The molecule has 0 heterocycles. The molecule has 0 amide bonds. The Bertz CT molecular complexity index is 2180. The first-order valence-corrected chi connectivity index (χ1v) is 27.9. The van der Waals surface area contributed by atoms with Crippen molar-refractivity contribution in [1.29, 1.82) is 0 Å². The van der Waals surface area contributed by atoms with E-state index in [-0.39, 0.29) is 0 Å². The molecule has 8 aromatic rings. The third-order valence-electron chi connectivity index (χ3n) is 11.3. The second-order valence-electron chi connectivity index (χ2n) is 14.4. The van der Waals surface area contributed by atoms with Gasteiger partial charge in [0.2, 0.25) is 0 Å². The van der Waals surface area contributed by atoms with Gasteiger partial charge in [0.1, 0.15) is 0 Å². The van der Waals surface area contributed by atoms with Crippen LogP contribution in [0.5, 0.6) is 0 Å². The van der Waals surface area contributed by atoms with Crippen molar-refractivity contribution < 1.29 is 0 Å². The summed E-state index contributed by atoms with van der Waals surface area (Å²) in [6, 6.07) is 84.3. The van der Waals surface area contributed by atoms with E-state index in [2.05, 4.69) is 243 Å². The van der Waals surface area contributed by atoms with Gasteiger partial charge < -0.3 is 0 Å². The zero-order chi connectivity index (χ0) is 38.4. The molecule has 0 aliphatic rings. The van der Waals surface area contributed by atoms with Crippen LogP contribution in [-0.2, 0) is 12.3 Å². The number of hydrogen-bond donors (Lipinski definition) is 0. The summed E-state index contributed by atoms with van der Waals surface area (Å²) < 4.78 is 0. The van der Waals surface area contributed by atoms with Crippen LogP contribution in [0.15, 0.2) is 231 Å². The molecule has 0 aliphatic carbocycles. The first-order valence-electron chi connectivity index (χ1n) is 19.0. The van der Waals surface area contributed by atoms with Gasteiger partial charge in [-0.25, -0.2) is 0 Å². The fourth-order valence-electron chi connectivity index (χ4n) is 8.38. The molecule has 0 aliphatic heterocycles. The zero-order valence-electron chi connectivity index (χ0n) is 31.2. The molecule has 0 atom stereocenters. The number of benzene rings is 8. The van der Waals surface area contributed by atoms with E-state index in [1.165, 1.54) is 54.1 Å². The van der Waals surface area contributed by atoms with Crippen LogP contribution in [0.4, 0.5) is 0 Å². The molecule has 276 valence electrons. The predicted octanol–water partition coefficient (Wildman–Crippen LogP) is 12.5. The molecular weight excluding hydrogens is 846 g/mol. The Kier molecular flexibility index (Phi) is 11.0. The summed E-state index contributed by atoms with van der Waals surface area (Å²) in [5, 5.41) is 1.43. The van der Waals surface area contributed by atoms with Crippen LogP contribution in [0.3, 0.4) is 0 Å². The Morgan fingerprint density at radius 1 is 0.268 bits per heavy atom. The third kappa shape index (κ3) is 6.78. The molecule has 8 aromatic carbocycles. The summed E-state index contributed by atoms with van der Waals surface area (Å²) in [7, 11) is 0. The summed E-state index contributed by atoms with van der Waals surface area (Å²) in [6.45, 7) is 0. The molecule has 0 radical (unpaired) electrons. The minimum absolute atomic E-state index is 0.819. The van der Waals surface area contributed by atoms with Crippen molar-refractivity contribution in [3.63, 3.8) is 0 Å². The van der Waals surface area contributed by atoms with E-state index in [9.17, 15) is 0 Å². The summed E-state index contributed by atoms with van der Waals surface area (Å²) in [6.07, 6.45) is 6.31. The molecule has 0 aromatic heterocycles. The summed E-state index contributed by atoms with van der Waals surface area (Å²) in [5.41, 5.74) is 5.02. The van der Waals surface area contributed by atoms with Gasteiger partial charge in [-0.05, 0) is 0 Å². The van der Waals surface area contributed by atoms with Crippen LogP contribution < -0.4 is 31.8 Å². The quantitative estimate of drug-likeness (QED) is 0.0847. The van der Waals surface area contributed by atoms with E-state index in [0.717, 1.165) is 12.3 Å². The van der Waals surface area contributed by atoms with Crippen LogP contribution in [0.25, 0.3) is 12.2 Å². The van der Waals surface area contributed by atoms with Gasteiger partial charge in [0, 0.05) is 0 Å². The van der Waals surface area contributed by atoms with Gasteiger partial charge in [-0.1, -0.05) is 0 Å². The van der Waals surface area contributed by atoms with Crippen molar-refractivity contribution in [1.82, 2.24) is 0 Å². The van der Waals surface area contributed by atoms with Gasteiger partial charge in [-0.2, -0.15) is 0 Å². The van der Waals surface area contributed by atoms with Crippen LogP contribution in [-0.4, -0.2) is 0 Å². The van der Waals surface area contributed by atoms with Crippen LogP contribution >= 0.6 is 41.6 Å². The Morgan fingerprint density at radius 2 is 0.464 bits per heavy atom. The number of hydrogen-bond acceptors (Lipinski definition) is 0. The van der Waals surface area contributed by atoms with E-state index in [4.69, 9.17) is 31.0 Å². The van der Waals surface area contributed by atoms with Gasteiger partial charge in [-0.3, -0.25) is 0 Å². The van der Waals surface area contributed by atoms with Gasteiger partial charge in [0.15, 0.2) is 0 Å². The fraction of sp³-hybridized carbons (Fsp3) is 0.0385. The van der Waals surface area contributed by atoms with Crippen molar-refractivity contribution in [3.05, 3.63) is 253 Å². The fourth-order valence-corrected chi connectivity index (χ4v) is 23.8. The Balaban J connectivity index is 1.27. The monoisotopic (exact) mass is 888 g/mol. The van der Waals surface area contributed by atoms with E-state index in [0.29, 0.717) is 0 Å². The van der Waals surface area contributed by atoms with E-state index < -0.39 is 10.6 Å². The van der Waals surface area contributed by atoms with Gasteiger partial charge in [0.25, 0.3) is 0 Å². The first kappa shape index (κ1) is 38.2. The van der Waals surface area contributed by atoms with Gasteiger partial charge in [-0.15, -0.1) is 0 Å². The predicted molar refractivity (Wildman–Crippen MR) is 257 cm³/mol. The average molecular weight is 891 g/mol. The number of halogens is 2. The Hall–Kier alpha value is -4.68. The molecule has 0 nitrogen and oxygen atoms in total. The SMILES string of the molecule is BrP(Cc1ccccc1/C=C/c1ccccc1CP(Br)(c1ccccc1)(c1ccccc1)c1ccccc1)(c1ccccc1)(c1ccccc1)c1ccccc1. The molecule has 0 N–H and O–H groups in total. The van der Waals surface area contributed by atoms with E-state index >= 15 is 0 Å². The molecule has 4 heteroatoms. The zero-order valence-corrected chi connectivity index (χ0v) is 36.1. The standard InChI is InChI=1S/C52H44Br2P2/c53-55(47-27-7-1-8-28-47,48-29-9-2-10-30-48,49-31-11-3-12-32-49)41-45-25-21-19-23-43(45)39-40-44-24-20-22-26-46(44)42-56(54,50-33-13-4-14-34-50,51-35-15-5-16-36-51)52-37-17-6-18-38-52/h1-40H,41-42H2/b40-39+. The first-order chi connectivity index (χ1) is 27.4. The summed E-state index contributed by atoms with van der Waals surface area (Å²) >= 11 is 9.41. The van der Waals surface area contributed by atoms with Crippen molar-refractivity contribution in [2.45, 2.75) is 12.3 Å². The molecule has 0 fully saturated rings. The number of rotatable bonds is 12. The van der Waals surface area contributed by atoms with E-state index in [1.807, 2.05) is 0 Å². The maximum atomic E-state index is 4.71. The molecule has 0 unspecified atom stereocenters. The van der Waals surface area contributed by atoms with Crippen LogP contribution in [0.1, 0.15) is 22.3 Å².